The van der Waals surface area contributed by atoms with Crippen molar-refractivity contribution in [2.45, 2.75) is 46.0 Å². The van der Waals surface area contributed by atoms with Crippen molar-refractivity contribution in [2.24, 2.45) is 0 Å². The molecular weight excluding hydrogens is 929 g/mol. The van der Waals surface area contributed by atoms with E-state index < -0.39 is 0 Å². The lowest BCUT2D eigenvalue weighted by atomic mass is 9.82. The fourth-order valence-corrected chi connectivity index (χ4v) is 12.5. The molecule has 0 amide bonds. The van der Waals surface area contributed by atoms with Gasteiger partial charge in [0.2, 0.25) is 5.95 Å². The maximum atomic E-state index is 6.49. The van der Waals surface area contributed by atoms with Crippen LogP contribution >= 0.6 is 0 Å². The van der Waals surface area contributed by atoms with Gasteiger partial charge in [0.15, 0.2) is 11.6 Å². The Kier molecular flexibility index (Phi) is 9.77. The third kappa shape index (κ3) is 6.56. The van der Waals surface area contributed by atoms with Crippen LogP contribution in [-0.4, -0.2) is 19.5 Å². The molecule has 0 saturated heterocycles. The lowest BCUT2D eigenvalue weighted by Crippen LogP contribution is -2.14. The molecule has 14 aromatic rings. The Bertz CT molecular complexity index is 4590. The standard InChI is InChI=1S/C67H42N4O2.C3H8/c1-67(2)54-32-29-40(34-53(54)61-44-17-6-3-14-38(44)28-33-55(61)67)45-22-13-23-52-62-51-21-8-7-18-46(51)43-16-5-4-15-39(43)35-56(62)71(63(45)52)66-69-64(41-26-30-49-47-19-9-11-24-57(47)72-59(49)36-41)68-65(70-66)42-27-31-50-48-20-10-12-25-58(48)73-60(50)37-42;1-3-2/h3-34,36-37H,35H2,1-2H3;3H2,1-2H3. The molecule has 0 bridgehead atoms. The van der Waals surface area contributed by atoms with Gasteiger partial charge < -0.3 is 8.83 Å². The van der Waals surface area contributed by atoms with Gasteiger partial charge in [-0.05, 0) is 103 Å². The van der Waals surface area contributed by atoms with E-state index in [1.807, 2.05) is 36.4 Å². The van der Waals surface area contributed by atoms with Crippen molar-refractivity contribution in [3.05, 3.63) is 229 Å². The van der Waals surface area contributed by atoms with Gasteiger partial charge in [0, 0.05) is 66.7 Å². The molecule has 6 nitrogen and oxygen atoms in total. The molecule has 76 heavy (non-hydrogen) atoms. The van der Waals surface area contributed by atoms with Gasteiger partial charge in [-0.25, -0.2) is 4.98 Å². The molecule has 0 fully saturated rings. The largest absolute Gasteiger partial charge is 0.456 e. The first-order valence-electron chi connectivity index (χ1n) is 26.5. The van der Waals surface area contributed by atoms with Crippen LogP contribution in [0, 0.1) is 0 Å². The second kappa shape index (κ2) is 16.8. The van der Waals surface area contributed by atoms with Crippen LogP contribution in [0.4, 0.5) is 0 Å². The SMILES string of the molecule is CC1(C)c2ccc(-c3cccc4c5c(n(-c6nc(-c7ccc8c(c7)oc7ccccc78)nc(-c7ccc8c(c7)oc7ccccc78)n6)c34)Cc3ccccc3-c3ccccc3-5)cc2-c2c1ccc1ccccc21.CCC. The molecule has 6 heteroatoms. The Hall–Kier alpha value is -9.39. The molecule has 0 N–H and O–H groups in total. The van der Waals surface area contributed by atoms with Crippen molar-refractivity contribution in [2.75, 3.05) is 0 Å². The molecule has 0 atom stereocenters. The number of nitrogens with zero attached hydrogens (tertiary/aromatic N) is 4. The van der Waals surface area contributed by atoms with Gasteiger partial charge >= 0.3 is 0 Å². The maximum absolute atomic E-state index is 6.49. The molecule has 0 unspecified atom stereocenters. The fraction of sp³-hybridized carbons (Fsp3) is 0.100. The van der Waals surface area contributed by atoms with Gasteiger partial charge in [0.05, 0.1) is 5.52 Å². The molecule has 4 aromatic heterocycles. The number of furan rings is 2. The first-order valence-corrected chi connectivity index (χ1v) is 26.5. The third-order valence-corrected chi connectivity index (χ3v) is 15.9. The zero-order valence-electron chi connectivity index (χ0n) is 42.6. The Labute approximate surface area is 439 Å². The Morgan fingerprint density at radius 3 is 1.66 bits per heavy atom. The minimum absolute atomic E-state index is 0.164. The Morgan fingerprint density at radius 2 is 0.961 bits per heavy atom. The van der Waals surface area contributed by atoms with Crippen LogP contribution in [-0.2, 0) is 11.8 Å². The Morgan fingerprint density at radius 1 is 0.421 bits per heavy atom. The average molecular weight is 979 g/mol. The summed E-state index contributed by atoms with van der Waals surface area (Å²) in [5.41, 5.74) is 20.4. The van der Waals surface area contributed by atoms with Gasteiger partial charge in [-0.3, -0.25) is 4.57 Å². The van der Waals surface area contributed by atoms with Gasteiger partial charge in [-0.2, -0.15) is 9.97 Å². The molecule has 0 radical (unpaired) electrons. The van der Waals surface area contributed by atoms with Crippen molar-refractivity contribution < 1.29 is 8.83 Å². The number of aromatic nitrogens is 4. The van der Waals surface area contributed by atoms with Gasteiger partial charge in [0.25, 0.3) is 0 Å². The number of hydrogen-bond donors (Lipinski definition) is 0. The van der Waals surface area contributed by atoms with Crippen LogP contribution in [0.1, 0.15) is 56.5 Å². The molecule has 0 saturated carbocycles. The summed E-state index contributed by atoms with van der Waals surface area (Å²) >= 11 is 0. The summed E-state index contributed by atoms with van der Waals surface area (Å²) in [7, 11) is 0. The maximum Gasteiger partial charge on any atom is 0.238 e. The molecule has 0 spiro atoms. The van der Waals surface area contributed by atoms with E-state index in [2.05, 4.69) is 202 Å². The zero-order valence-corrected chi connectivity index (χ0v) is 42.6. The first kappa shape index (κ1) is 44.1. The monoisotopic (exact) mass is 978 g/mol. The topological polar surface area (TPSA) is 69.9 Å². The second-order valence-electron chi connectivity index (χ2n) is 20.9. The minimum Gasteiger partial charge on any atom is -0.456 e. The molecular formula is C70H50N4O2. The first-order chi connectivity index (χ1) is 37.3. The molecule has 2 aliphatic carbocycles. The van der Waals surface area contributed by atoms with Crippen molar-refractivity contribution in [1.82, 2.24) is 19.5 Å². The smallest absolute Gasteiger partial charge is 0.238 e. The predicted octanol–water partition coefficient (Wildman–Crippen LogP) is 18.7. The summed E-state index contributed by atoms with van der Waals surface area (Å²) in [4.78, 5) is 16.5. The van der Waals surface area contributed by atoms with Crippen LogP contribution in [0.5, 0.6) is 0 Å². The average Bonchev–Trinajstić information content (AvgIpc) is 4.30. The summed E-state index contributed by atoms with van der Waals surface area (Å²) in [6.45, 7) is 8.97. The highest BCUT2D eigenvalue weighted by molar-refractivity contribution is 6.11. The van der Waals surface area contributed by atoms with Crippen LogP contribution in [0.3, 0.4) is 0 Å². The highest BCUT2D eigenvalue weighted by Gasteiger charge is 2.37. The molecule has 362 valence electrons. The summed E-state index contributed by atoms with van der Waals surface area (Å²) < 4.78 is 15.3. The van der Waals surface area contributed by atoms with E-state index in [1.165, 1.54) is 67.3 Å². The summed E-state index contributed by atoms with van der Waals surface area (Å²) in [6, 6.07) is 74.0. The van der Waals surface area contributed by atoms with Crippen molar-refractivity contribution in [3.8, 4) is 73.2 Å². The molecule has 2 aliphatic rings. The Balaban J connectivity index is 0.00000165. The van der Waals surface area contributed by atoms with Gasteiger partial charge in [0.1, 0.15) is 22.3 Å². The summed E-state index contributed by atoms with van der Waals surface area (Å²) in [5, 5.41) is 7.88. The molecule has 0 aliphatic heterocycles. The predicted molar refractivity (Wildman–Crippen MR) is 312 cm³/mol. The second-order valence-corrected chi connectivity index (χ2v) is 20.9. The summed E-state index contributed by atoms with van der Waals surface area (Å²) in [6.07, 6.45) is 1.90. The van der Waals surface area contributed by atoms with Crippen LogP contribution in [0.2, 0.25) is 0 Å². The molecule has 4 heterocycles. The van der Waals surface area contributed by atoms with Crippen molar-refractivity contribution in [3.63, 3.8) is 0 Å². The zero-order chi connectivity index (χ0) is 50.8. The lowest BCUT2D eigenvalue weighted by Gasteiger charge is -2.21. The van der Waals surface area contributed by atoms with Crippen molar-refractivity contribution in [1.29, 1.82) is 0 Å². The number of hydrogen-bond acceptors (Lipinski definition) is 5. The molecule has 16 rings (SSSR count). The van der Waals surface area contributed by atoms with E-state index in [0.29, 0.717) is 24.0 Å². The van der Waals surface area contributed by atoms with Crippen molar-refractivity contribution >= 4 is 65.6 Å². The normalized spacial score (nSPS) is 13.1. The van der Waals surface area contributed by atoms with E-state index in [1.54, 1.807) is 0 Å². The third-order valence-electron chi connectivity index (χ3n) is 15.9. The number of fused-ring (bicyclic) bond motifs is 18. The summed E-state index contributed by atoms with van der Waals surface area (Å²) in [5.74, 6) is 1.61. The van der Waals surface area contributed by atoms with E-state index in [9.17, 15) is 0 Å². The quantitative estimate of drug-likeness (QED) is 0.176. The highest BCUT2D eigenvalue weighted by Crippen LogP contribution is 2.54. The molecule has 10 aromatic carbocycles. The number of benzene rings is 10. The number of rotatable bonds is 4. The van der Waals surface area contributed by atoms with E-state index >= 15 is 0 Å². The lowest BCUT2D eigenvalue weighted by molar-refractivity contribution is 0.661. The minimum atomic E-state index is -0.164. The van der Waals surface area contributed by atoms with Crippen LogP contribution in [0.25, 0.3) is 139 Å². The number of para-hydroxylation sites is 3. The van der Waals surface area contributed by atoms with E-state index in [-0.39, 0.29) is 5.41 Å². The fourth-order valence-electron chi connectivity index (χ4n) is 12.5. The van der Waals surface area contributed by atoms with E-state index in [4.69, 9.17) is 23.8 Å². The van der Waals surface area contributed by atoms with Gasteiger partial charge in [-0.15, -0.1) is 0 Å². The van der Waals surface area contributed by atoms with Crippen LogP contribution in [0.15, 0.2) is 215 Å². The highest BCUT2D eigenvalue weighted by atomic mass is 16.3. The van der Waals surface area contributed by atoms with Crippen LogP contribution < -0.4 is 0 Å². The van der Waals surface area contributed by atoms with Gasteiger partial charge in [-0.1, -0.05) is 198 Å². The van der Waals surface area contributed by atoms with E-state index in [0.717, 1.165) is 82.7 Å².